The summed E-state index contributed by atoms with van der Waals surface area (Å²) in [6.45, 7) is 0. The minimum atomic E-state index is -3.24. The normalized spacial score (nSPS) is 11.5. The van der Waals surface area contributed by atoms with Gasteiger partial charge in [-0.15, -0.1) is 0 Å². The van der Waals surface area contributed by atoms with Crippen LogP contribution < -0.4 is 0 Å². The smallest absolute Gasteiger partial charge is 0.175 e. The highest BCUT2D eigenvalue weighted by atomic mass is 35.5. The number of benzene rings is 3. The maximum atomic E-state index is 11.7. The number of hydrogen-bond acceptors (Lipinski definition) is 3. The van der Waals surface area contributed by atoms with Gasteiger partial charge in [0.25, 0.3) is 0 Å². The van der Waals surface area contributed by atoms with Gasteiger partial charge in [-0.1, -0.05) is 54.1 Å². The number of rotatable bonds is 4. The van der Waals surface area contributed by atoms with Crippen LogP contribution in [0.3, 0.4) is 0 Å². The molecular weight excluding hydrogens is 392 g/mol. The van der Waals surface area contributed by atoms with E-state index in [9.17, 15) is 8.42 Å². The maximum Gasteiger partial charge on any atom is 0.175 e. The number of aromatic nitrogens is 2. The molecule has 1 heterocycles. The molecule has 0 spiro atoms. The number of H-pyrrole nitrogens is 1. The molecule has 0 bridgehead atoms. The molecule has 4 nitrogen and oxygen atoms in total. The number of nitrogens with one attached hydrogen (secondary N) is 1. The van der Waals surface area contributed by atoms with Gasteiger partial charge in [0.05, 0.1) is 16.3 Å². The first kappa shape index (κ1) is 18.5. The number of nitrogens with zero attached hydrogens (tertiary/aromatic N) is 1. The molecule has 4 rings (SSSR count). The lowest BCUT2D eigenvalue weighted by molar-refractivity contribution is 0.602. The number of imidazole rings is 1. The second kappa shape index (κ2) is 7.26. The molecule has 0 aliphatic rings. The van der Waals surface area contributed by atoms with E-state index in [2.05, 4.69) is 4.98 Å². The molecule has 1 aromatic heterocycles. The fraction of sp³-hybridized carbons (Fsp3) is 0.0455. The van der Waals surface area contributed by atoms with Crippen LogP contribution in [0.15, 0.2) is 83.8 Å². The highest BCUT2D eigenvalue weighted by Crippen LogP contribution is 2.33. The molecule has 3 aromatic carbocycles. The van der Waals surface area contributed by atoms with Gasteiger partial charge < -0.3 is 4.98 Å². The Balaban J connectivity index is 1.85. The molecule has 28 heavy (non-hydrogen) atoms. The Morgan fingerprint density at radius 2 is 1.39 bits per heavy atom. The van der Waals surface area contributed by atoms with E-state index in [-0.39, 0.29) is 4.90 Å². The third-order valence-electron chi connectivity index (χ3n) is 4.44. The van der Waals surface area contributed by atoms with Crippen LogP contribution in [0.5, 0.6) is 0 Å². The van der Waals surface area contributed by atoms with E-state index in [1.165, 1.54) is 6.26 Å². The summed E-state index contributed by atoms with van der Waals surface area (Å²) < 4.78 is 23.4. The molecule has 6 heteroatoms. The predicted molar refractivity (Wildman–Crippen MR) is 113 cm³/mol. The second-order valence-corrected chi connectivity index (χ2v) is 8.93. The lowest BCUT2D eigenvalue weighted by Gasteiger charge is -2.03. The molecule has 0 saturated heterocycles. The van der Waals surface area contributed by atoms with Crippen LogP contribution >= 0.6 is 11.6 Å². The van der Waals surface area contributed by atoms with E-state index in [1.54, 1.807) is 24.3 Å². The highest BCUT2D eigenvalue weighted by Gasteiger charge is 2.16. The van der Waals surface area contributed by atoms with Gasteiger partial charge in [-0.2, -0.15) is 0 Å². The van der Waals surface area contributed by atoms with Gasteiger partial charge in [-0.25, -0.2) is 13.4 Å². The van der Waals surface area contributed by atoms with Crippen molar-refractivity contribution in [3.8, 4) is 33.9 Å². The number of hydrogen-bond donors (Lipinski definition) is 1. The molecule has 140 valence electrons. The molecule has 0 amide bonds. The Labute approximate surface area is 168 Å². The van der Waals surface area contributed by atoms with Crippen LogP contribution in [0, 0.1) is 0 Å². The van der Waals surface area contributed by atoms with Crippen LogP contribution in [0.1, 0.15) is 0 Å². The van der Waals surface area contributed by atoms with Crippen molar-refractivity contribution >= 4 is 21.4 Å². The predicted octanol–water partition coefficient (Wildman–Crippen LogP) is 5.47. The quantitative estimate of drug-likeness (QED) is 0.487. The van der Waals surface area contributed by atoms with E-state index in [0.717, 1.165) is 28.1 Å². The van der Waals surface area contributed by atoms with Crippen molar-refractivity contribution in [3.05, 3.63) is 83.9 Å². The zero-order chi connectivity index (χ0) is 19.7. The second-order valence-electron chi connectivity index (χ2n) is 6.48. The van der Waals surface area contributed by atoms with E-state index in [4.69, 9.17) is 16.6 Å². The SMILES string of the molecule is CS(=O)(=O)c1ccc(-c2nc(-c3ccccc3)c(-c3ccc(Cl)cc3)[nH]2)cc1. The molecule has 0 fully saturated rings. The standard InChI is InChI=1S/C22H17ClN2O2S/c1-28(26,27)19-13-9-17(10-14-19)22-24-20(15-5-3-2-4-6-15)21(25-22)16-7-11-18(23)12-8-16/h2-14H,1H3,(H,24,25). The maximum absolute atomic E-state index is 11.7. The minimum absolute atomic E-state index is 0.281. The van der Waals surface area contributed by atoms with Gasteiger partial charge in [0.1, 0.15) is 5.82 Å². The van der Waals surface area contributed by atoms with Gasteiger partial charge >= 0.3 is 0 Å². The average Bonchev–Trinajstić information content (AvgIpc) is 3.14. The molecule has 4 aromatic rings. The Morgan fingerprint density at radius 1 is 0.786 bits per heavy atom. The Morgan fingerprint density at radius 3 is 2.00 bits per heavy atom. The summed E-state index contributed by atoms with van der Waals surface area (Å²) in [7, 11) is -3.24. The van der Waals surface area contributed by atoms with Crippen LogP contribution in [0.4, 0.5) is 0 Å². The summed E-state index contributed by atoms with van der Waals surface area (Å²) in [5.74, 6) is 0.670. The number of sulfone groups is 1. The van der Waals surface area contributed by atoms with E-state index in [1.807, 2.05) is 54.6 Å². The molecule has 0 unspecified atom stereocenters. The van der Waals surface area contributed by atoms with Gasteiger partial charge in [-0.3, -0.25) is 0 Å². The molecular formula is C22H17ClN2O2S. The van der Waals surface area contributed by atoms with Gasteiger partial charge in [-0.05, 0) is 36.4 Å². The van der Waals surface area contributed by atoms with Crippen LogP contribution in [0.25, 0.3) is 33.9 Å². The summed E-state index contributed by atoms with van der Waals surface area (Å²) in [6, 6.07) is 24.2. The van der Waals surface area contributed by atoms with Crippen LogP contribution in [-0.2, 0) is 9.84 Å². The van der Waals surface area contributed by atoms with Crippen molar-refractivity contribution < 1.29 is 8.42 Å². The van der Waals surface area contributed by atoms with Crippen LogP contribution in [-0.4, -0.2) is 24.6 Å². The first-order chi connectivity index (χ1) is 13.4. The van der Waals surface area contributed by atoms with Crippen molar-refractivity contribution in [2.24, 2.45) is 0 Å². The highest BCUT2D eigenvalue weighted by molar-refractivity contribution is 7.90. The van der Waals surface area contributed by atoms with Crippen molar-refractivity contribution in [1.82, 2.24) is 9.97 Å². The number of aromatic amines is 1. The summed E-state index contributed by atoms with van der Waals surface area (Å²) in [5, 5.41) is 0.668. The Bertz CT molecular complexity index is 1210. The topological polar surface area (TPSA) is 62.8 Å². The van der Waals surface area contributed by atoms with Gasteiger partial charge in [0.15, 0.2) is 9.84 Å². The summed E-state index contributed by atoms with van der Waals surface area (Å²) in [4.78, 5) is 8.47. The van der Waals surface area contributed by atoms with E-state index < -0.39 is 9.84 Å². The molecule has 1 N–H and O–H groups in total. The third-order valence-corrected chi connectivity index (χ3v) is 5.82. The number of halogens is 1. The van der Waals surface area contributed by atoms with Crippen LogP contribution in [0.2, 0.25) is 5.02 Å². The van der Waals surface area contributed by atoms with Gasteiger partial charge in [0, 0.05) is 28.0 Å². The van der Waals surface area contributed by atoms with Crippen molar-refractivity contribution in [3.63, 3.8) is 0 Å². The molecule has 0 aliphatic carbocycles. The van der Waals surface area contributed by atoms with E-state index >= 15 is 0 Å². The van der Waals surface area contributed by atoms with Gasteiger partial charge in [0.2, 0.25) is 0 Å². The lowest BCUT2D eigenvalue weighted by Crippen LogP contribution is -1.96. The first-order valence-corrected chi connectivity index (χ1v) is 10.9. The first-order valence-electron chi connectivity index (χ1n) is 8.64. The fourth-order valence-corrected chi connectivity index (χ4v) is 3.76. The van der Waals surface area contributed by atoms with E-state index in [0.29, 0.717) is 10.8 Å². The van der Waals surface area contributed by atoms with Crippen molar-refractivity contribution in [2.45, 2.75) is 4.90 Å². The molecule has 0 saturated carbocycles. The third kappa shape index (κ3) is 3.72. The molecule has 0 atom stereocenters. The Hall–Kier alpha value is -2.89. The zero-order valence-corrected chi connectivity index (χ0v) is 16.6. The molecule has 0 radical (unpaired) electrons. The fourth-order valence-electron chi connectivity index (χ4n) is 3.00. The summed E-state index contributed by atoms with van der Waals surface area (Å²) in [6.07, 6.45) is 1.20. The summed E-state index contributed by atoms with van der Waals surface area (Å²) >= 11 is 6.03. The monoisotopic (exact) mass is 408 g/mol. The zero-order valence-electron chi connectivity index (χ0n) is 15.1. The van der Waals surface area contributed by atoms with Crippen molar-refractivity contribution in [2.75, 3.05) is 6.26 Å². The summed E-state index contributed by atoms with van der Waals surface area (Å²) in [5.41, 5.74) is 4.47. The largest absolute Gasteiger partial charge is 0.337 e. The Kier molecular flexibility index (Phi) is 4.79. The average molecular weight is 409 g/mol. The molecule has 0 aliphatic heterocycles. The van der Waals surface area contributed by atoms with Crippen molar-refractivity contribution in [1.29, 1.82) is 0 Å². The minimum Gasteiger partial charge on any atom is -0.337 e. The lowest BCUT2D eigenvalue weighted by atomic mass is 10.1.